The number of hydrogen-bond acceptors (Lipinski definition) is 6. The van der Waals surface area contributed by atoms with E-state index in [1.807, 2.05) is 26.1 Å². The van der Waals surface area contributed by atoms with Crippen LogP contribution >= 0.6 is 0 Å². The summed E-state index contributed by atoms with van der Waals surface area (Å²) in [6, 6.07) is 3.65. The number of amides is 1. The number of aromatic nitrogens is 3. The number of hydrogen-bond donors (Lipinski definition) is 0. The van der Waals surface area contributed by atoms with E-state index in [0.29, 0.717) is 30.5 Å². The third-order valence-electron chi connectivity index (χ3n) is 3.98. The average Bonchev–Trinajstić information content (AvgIpc) is 2.94. The Balaban J connectivity index is 1.81. The molecule has 1 fully saturated rings. The minimum absolute atomic E-state index is 0.0487. The quantitative estimate of drug-likeness (QED) is 0.830. The van der Waals surface area contributed by atoms with E-state index in [1.54, 1.807) is 18.0 Å². The molecule has 116 valence electrons. The van der Waals surface area contributed by atoms with E-state index in [2.05, 4.69) is 20.0 Å². The van der Waals surface area contributed by atoms with Crippen molar-refractivity contribution in [3.05, 3.63) is 41.3 Å². The Labute approximate surface area is 128 Å². The van der Waals surface area contributed by atoms with Crippen molar-refractivity contribution in [2.75, 3.05) is 26.7 Å². The molecule has 0 aromatic carbocycles. The van der Waals surface area contributed by atoms with Crippen LogP contribution in [0.25, 0.3) is 0 Å². The Morgan fingerprint density at radius 1 is 1.36 bits per heavy atom. The molecule has 1 unspecified atom stereocenters. The van der Waals surface area contributed by atoms with E-state index in [-0.39, 0.29) is 11.9 Å². The Morgan fingerprint density at radius 2 is 2.18 bits per heavy atom. The van der Waals surface area contributed by atoms with Gasteiger partial charge in [0.25, 0.3) is 5.91 Å². The lowest BCUT2D eigenvalue weighted by molar-refractivity contribution is 0.0483. The number of rotatable bonds is 2. The van der Waals surface area contributed by atoms with Crippen LogP contribution in [0.3, 0.4) is 0 Å². The van der Waals surface area contributed by atoms with Crippen LogP contribution in [-0.2, 0) is 0 Å². The third kappa shape index (κ3) is 2.71. The molecule has 0 spiro atoms. The van der Waals surface area contributed by atoms with Gasteiger partial charge in [-0.05, 0) is 32.5 Å². The predicted molar refractivity (Wildman–Crippen MR) is 79.3 cm³/mol. The van der Waals surface area contributed by atoms with Crippen molar-refractivity contribution in [3.63, 3.8) is 0 Å². The second-order valence-electron chi connectivity index (χ2n) is 5.60. The van der Waals surface area contributed by atoms with E-state index in [1.165, 1.54) is 0 Å². The number of nitrogens with zero attached hydrogens (tertiary/aromatic N) is 5. The largest absolute Gasteiger partial charge is 0.338 e. The van der Waals surface area contributed by atoms with Gasteiger partial charge in [0.15, 0.2) is 5.82 Å². The van der Waals surface area contributed by atoms with Crippen LogP contribution in [0.4, 0.5) is 0 Å². The molecule has 22 heavy (non-hydrogen) atoms. The Hall–Kier alpha value is -2.28. The summed E-state index contributed by atoms with van der Waals surface area (Å²) in [7, 11) is 2.00. The molecule has 0 radical (unpaired) electrons. The molecule has 1 aliphatic heterocycles. The Bertz CT molecular complexity index is 684. The molecule has 7 heteroatoms. The summed E-state index contributed by atoms with van der Waals surface area (Å²) in [6.45, 7) is 5.62. The topological polar surface area (TPSA) is 75.4 Å². The van der Waals surface area contributed by atoms with Crippen LogP contribution in [-0.4, -0.2) is 57.5 Å². The molecule has 2 aromatic rings. The molecule has 1 amide bonds. The summed E-state index contributed by atoms with van der Waals surface area (Å²) in [5.74, 6) is 1.11. The molecule has 2 aromatic heterocycles. The first-order valence-corrected chi connectivity index (χ1v) is 7.27. The van der Waals surface area contributed by atoms with Crippen molar-refractivity contribution in [2.45, 2.75) is 19.9 Å². The Kier molecular flexibility index (Phi) is 3.89. The van der Waals surface area contributed by atoms with E-state index in [9.17, 15) is 4.79 Å². The zero-order valence-electron chi connectivity index (χ0n) is 13.0. The van der Waals surface area contributed by atoms with Crippen molar-refractivity contribution in [1.29, 1.82) is 0 Å². The van der Waals surface area contributed by atoms with Gasteiger partial charge in [0.2, 0.25) is 5.89 Å². The number of pyridine rings is 1. The fourth-order valence-electron chi connectivity index (χ4n) is 2.63. The van der Waals surface area contributed by atoms with Crippen molar-refractivity contribution in [1.82, 2.24) is 24.9 Å². The number of carbonyl (C=O) groups excluding carboxylic acids is 1. The number of aryl methyl sites for hydroxylation is 2. The lowest BCUT2D eigenvalue weighted by Crippen LogP contribution is -2.49. The minimum atomic E-state index is -0.0806. The highest BCUT2D eigenvalue weighted by Crippen LogP contribution is 2.23. The summed E-state index contributed by atoms with van der Waals surface area (Å²) in [4.78, 5) is 25.1. The second-order valence-corrected chi connectivity index (χ2v) is 5.60. The van der Waals surface area contributed by atoms with Crippen molar-refractivity contribution < 1.29 is 9.32 Å². The first-order valence-electron chi connectivity index (χ1n) is 7.27. The van der Waals surface area contributed by atoms with Gasteiger partial charge in [-0.15, -0.1) is 0 Å². The lowest BCUT2D eigenvalue weighted by atomic mass is 10.1. The summed E-state index contributed by atoms with van der Waals surface area (Å²) < 4.78 is 5.28. The zero-order chi connectivity index (χ0) is 15.7. The van der Waals surface area contributed by atoms with Gasteiger partial charge in [-0.1, -0.05) is 11.2 Å². The fourth-order valence-corrected chi connectivity index (χ4v) is 2.63. The molecule has 0 saturated carbocycles. The molecule has 1 atom stereocenters. The zero-order valence-corrected chi connectivity index (χ0v) is 13.0. The third-order valence-corrected chi connectivity index (χ3v) is 3.98. The first kappa shape index (κ1) is 14.6. The standard InChI is InChI=1S/C15H19N5O2/c1-10-5-4-6-16-13(10)15(21)20-8-7-19(3)12(9-20)14-17-11(2)18-22-14/h4-6,12H,7-9H2,1-3H3. The molecule has 0 bridgehead atoms. The van der Waals surface area contributed by atoms with Crippen LogP contribution in [0.15, 0.2) is 22.9 Å². The fraction of sp³-hybridized carbons (Fsp3) is 0.467. The molecule has 0 N–H and O–H groups in total. The normalized spacial score (nSPS) is 19.4. The first-order chi connectivity index (χ1) is 10.6. The van der Waals surface area contributed by atoms with Crippen LogP contribution in [0.5, 0.6) is 0 Å². The summed E-state index contributed by atoms with van der Waals surface area (Å²) >= 11 is 0. The van der Waals surface area contributed by atoms with Gasteiger partial charge < -0.3 is 9.42 Å². The predicted octanol–water partition coefficient (Wildman–Crippen LogP) is 1.21. The number of piperazine rings is 1. The van der Waals surface area contributed by atoms with Crippen molar-refractivity contribution >= 4 is 5.91 Å². The second kappa shape index (κ2) is 5.84. The summed E-state index contributed by atoms with van der Waals surface area (Å²) in [6.07, 6.45) is 1.65. The van der Waals surface area contributed by atoms with E-state index < -0.39 is 0 Å². The van der Waals surface area contributed by atoms with Crippen LogP contribution < -0.4 is 0 Å². The SMILES string of the molecule is Cc1noc(C2CN(C(=O)c3ncccc3C)CCN2C)n1. The molecule has 1 saturated heterocycles. The maximum absolute atomic E-state index is 12.7. The van der Waals surface area contributed by atoms with Gasteiger partial charge in [-0.2, -0.15) is 4.98 Å². The molecule has 3 rings (SSSR count). The van der Waals surface area contributed by atoms with Crippen LogP contribution in [0, 0.1) is 13.8 Å². The minimum Gasteiger partial charge on any atom is -0.338 e. The smallest absolute Gasteiger partial charge is 0.272 e. The summed E-state index contributed by atoms with van der Waals surface area (Å²) in [5.41, 5.74) is 1.39. The van der Waals surface area contributed by atoms with Gasteiger partial charge in [0.1, 0.15) is 11.7 Å². The highest BCUT2D eigenvalue weighted by Gasteiger charge is 2.33. The molecule has 7 nitrogen and oxygen atoms in total. The van der Waals surface area contributed by atoms with Crippen molar-refractivity contribution in [2.24, 2.45) is 0 Å². The Morgan fingerprint density at radius 3 is 2.86 bits per heavy atom. The molecule has 3 heterocycles. The lowest BCUT2D eigenvalue weighted by Gasteiger charge is -2.37. The van der Waals surface area contributed by atoms with Crippen LogP contribution in [0.2, 0.25) is 0 Å². The molecular weight excluding hydrogens is 282 g/mol. The number of carbonyl (C=O) groups is 1. The summed E-state index contributed by atoms with van der Waals surface area (Å²) in [5, 5.41) is 3.84. The number of likely N-dealkylation sites (N-methyl/N-ethyl adjacent to an activating group) is 1. The van der Waals surface area contributed by atoms with Crippen molar-refractivity contribution in [3.8, 4) is 0 Å². The van der Waals surface area contributed by atoms with Gasteiger partial charge in [0.05, 0.1) is 0 Å². The van der Waals surface area contributed by atoms with E-state index in [0.717, 1.165) is 12.1 Å². The molecular formula is C15H19N5O2. The van der Waals surface area contributed by atoms with E-state index in [4.69, 9.17) is 4.52 Å². The highest BCUT2D eigenvalue weighted by molar-refractivity contribution is 5.93. The van der Waals surface area contributed by atoms with Gasteiger partial charge in [-0.25, -0.2) is 0 Å². The highest BCUT2D eigenvalue weighted by atomic mass is 16.5. The monoisotopic (exact) mass is 301 g/mol. The van der Waals surface area contributed by atoms with Crippen LogP contribution in [0.1, 0.15) is 33.8 Å². The maximum atomic E-state index is 12.7. The maximum Gasteiger partial charge on any atom is 0.272 e. The van der Waals surface area contributed by atoms with Gasteiger partial charge in [0, 0.05) is 25.8 Å². The average molecular weight is 301 g/mol. The van der Waals surface area contributed by atoms with Gasteiger partial charge >= 0.3 is 0 Å². The molecule has 1 aliphatic rings. The molecule has 0 aliphatic carbocycles. The van der Waals surface area contributed by atoms with Gasteiger partial charge in [-0.3, -0.25) is 14.7 Å². The van der Waals surface area contributed by atoms with E-state index >= 15 is 0 Å².